The van der Waals surface area contributed by atoms with Gasteiger partial charge in [0.15, 0.2) is 0 Å². The van der Waals surface area contributed by atoms with Crippen molar-refractivity contribution in [3.8, 4) is 23.2 Å². The number of nitrogen functional groups attached to an aromatic ring is 1. The molecule has 0 fully saturated rings. The molecule has 4 rings (SSSR count). The van der Waals surface area contributed by atoms with E-state index in [2.05, 4.69) is 30.1 Å². The Balaban J connectivity index is 1.71. The Morgan fingerprint density at radius 2 is 1.82 bits per heavy atom. The topological polar surface area (TPSA) is 140 Å². The molecule has 1 aromatic carbocycles. The number of aromatic nitrogens is 6. The molecular formula is C18H16N8O2. The molecule has 28 heavy (non-hydrogen) atoms. The lowest BCUT2D eigenvalue weighted by Crippen LogP contribution is -2.15. The van der Waals surface area contributed by atoms with Gasteiger partial charge in [-0.3, -0.25) is 4.98 Å². The molecular weight excluding hydrogens is 360 g/mol. The van der Waals surface area contributed by atoms with Gasteiger partial charge in [-0.05, 0) is 18.2 Å². The number of pyridine rings is 1. The van der Waals surface area contributed by atoms with Crippen molar-refractivity contribution >= 4 is 17.6 Å². The normalized spacial score (nSPS) is 10.8. The molecule has 3 heterocycles. The summed E-state index contributed by atoms with van der Waals surface area (Å²) in [6.45, 7) is -0.203. The first-order valence-corrected chi connectivity index (χ1v) is 8.35. The van der Waals surface area contributed by atoms with Crippen LogP contribution in [0.3, 0.4) is 0 Å². The lowest BCUT2D eigenvalue weighted by molar-refractivity contribution is 0.281. The maximum atomic E-state index is 9.46. The van der Waals surface area contributed by atoms with Gasteiger partial charge < -0.3 is 20.3 Å². The zero-order valence-corrected chi connectivity index (χ0v) is 14.9. The fraction of sp³-hybridized carbons (Fsp3) is 0.111. The van der Waals surface area contributed by atoms with Crippen molar-refractivity contribution in [3.05, 3.63) is 54.2 Å². The summed E-state index contributed by atoms with van der Waals surface area (Å²) in [7, 11) is 1.82. The number of rotatable bonds is 5. The van der Waals surface area contributed by atoms with Gasteiger partial charge >= 0.3 is 0 Å². The third kappa shape index (κ3) is 3.35. The van der Waals surface area contributed by atoms with E-state index in [0.717, 1.165) is 5.69 Å². The Bertz CT molecular complexity index is 1100. The van der Waals surface area contributed by atoms with E-state index in [9.17, 15) is 5.11 Å². The van der Waals surface area contributed by atoms with E-state index in [-0.39, 0.29) is 30.1 Å². The highest BCUT2D eigenvalue weighted by molar-refractivity contribution is 5.60. The van der Waals surface area contributed by atoms with Gasteiger partial charge in [-0.15, -0.1) is 0 Å². The molecule has 0 aliphatic heterocycles. The molecule has 0 unspecified atom stereocenters. The Labute approximate surface area is 159 Å². The summed E-state index contributed by atoms with van der Waals surface area (Å²) in [5.74, 6) is 0.830. The van der Waals surface area contributed by atoms with Crippen molar-refractivity contribution in [3.63, 3.8) is 0 Å². The predicted molar refractivity (Wildman–Crippen MR) is 101 cm³/mol. The highest BCUT2D eigenvalue weighted by Gasteiger charge is 2.19. The second-order valence-electron chi connectivity index (χ2n) is 5.80. The molecule has 0 aliphatic rings. The van der Waals surface area contributed by atoms with E-state index in [0.29, 0.717) is 17.2 Å². The predicted octanol–water partition coefficient (Wildman–Crippen LogP) is 1.83. The maximum absolute atomic E-state index is 9.46. The summed E-state index contributed by atoms with van der Waals surface area (Å²) in [4.78, 5) is 22.9. The summed E-state index contributed by atoms with van der Waals surface area (Å²) in [5, 5.41) is 13.4. The number of anilines is 3. The van der Waals surface area contributed by atoms with E-state index >= 15 is 0 Å². The van der Waals surface area contributed by atoms with Gasteiger partial charge in [-0.1, -0.05) is 29.4 Å². The number of aliphatic hydroxyl groups excluding tert-OH is 1. The van der Waals surface area contributed by atoms with Crippen molar-refractivity contribution in [2.45, 2.75) is 6.61 Å². The Kier molecular flexibility index (Phi) is 4.60. The van der Waals surface area contributed by atoms with Crippen LogP contribution in [-0.4, -0.2) is 42.2 Å². The number of nitrogens with zero attached hydrogens (tertiary/aromatic N) is 7. The summed E-state index contributed by atoms with van der Waals surface area (Å²) in [6, 6.07) is 13.0. The first-order chi connectivity index (χ1) is 13.7. The molecule has 0 radical (unpaired) electrons. The van der Waals surface area contributed by atoms with Crippen molar-refractivity contribution in [1.82, 2.24) is 30.1 Å². The first kappa shape index (κ1) is 17.5. The van der Waals surface area contributed by atoms with Crippen molar-refractivity contribution in [2.24, 2.45) is 0 Å². The monoisotopic (exact) mass is 376 g/mol. The van der Waals surface area contributed by atoms with Crippen molar-refractivity contribution < 1.29 is 9.63 Å². The highest BCUT2D eigenvalue weighted by Crippen LogP contribution is 2.24. The van der Waals surface area contributed by atoms with Gasteiger partial charge in [0.05, 0.1) is 6.61 Å². The second kappa shape index (κ2) is 7.37. The Hall–Kier alpha value is -3.92. The zero-order chi connectivity index (χ0) is 19.5. The second-order valence-corrected chi connectivity index (χ2v) is 5.80. The molecule has 0 saturated heterocycles. The summed E-state index contributed by atoms with van der Waals surface area (Å²) in [5.41, 5.74) is 7.70. The lowest BCUT2D eigenvalue weighted by atomic mass is 10.2. The SMILES string of the molecule is CN(c1ccccc1)c1nc(N)nc(-c2noc(-c3ncccc3CO)n2)n1. The summed E-state index contributed by atoms with van der Waals surface area (Å²) in [6.07, 6.45) is 1.58. The minimum atomic E-state index is -0.203. The molecule has 0 aliphatic carbocycles. The number of benzene rings is 1. The van der Waals surface area contributed by atoms with Gasteiger partial charge in [0.2, 0.25) is 23.5 Å². The standard InChI is InChI=1S/C18H16N8O2/c1-26(12-7-3-2-4-8-12)18-23-14(22-17(19)24-18)15-21-16(28-25-15)13-11(10-27)6-5-9-20-13/h2-9,27H,10H2,1H3,(H2,19,22,23,24). The van der Waals surface area contributed by atoms with Crippen molar-refractivity contribution in [1.29, 1.82) is 0 Å². The molecule has 0 saturated carbocycles. The smallest absolute Gasteiger partial charge is 0.277 e. The van der Waals surface area contributed by atoms with Gasteiger partial charge in [0.1, 0.15) is 5.69 Å². The lowest BCUT2D eigenvalue weighted by Gasteiger charge is -2.17. The quantitative estimate of drug-likeness (QED) is 0.530. The van der Waals surface area contributed by atoms with Gasteiger partial charge in [0, 0.05) is 24.5 Å². The number of hydrogen-bond donors (Lipinski definition) is 2. The van der Waals surface area contributed by atoms with Gasteiger partial charge in [-0.2, -0.15) is 19.9 Å². The molecule has 0 bridgehead atoms. The Morgan fingerprint density at radius 1 is 1.00 bits per heavy atom. The van der Waals surface area contributed by atoms with E-state index in [1.54, 1.807) is 23.2 Å². The van der Waals surface area contributed by atoms with Crippen molar-refractivity contribution in [2.75, 3.05) is 17.7 Å². The van der Waals surface area contributed by atoms with E-state index in [1.807, 2.05) is 37.4 Å². The average molecular weight is 376 g/mol. The van der Waals surface area contributed by atoms with E-state index < -0.39 is 0 Å². The third-order valence-electron chi connectivity index (χ3n) is 3.97. The van der Waals surface area contributed by atoms with E-state index in [1.165, 1.54) is 0 Å². The van der Waals surface area contributed by atoms with Crippen LogP contribution >= 0.6 is 0 Å². The minimum absolute atomic E-state index is 0.0306. The fourth-order valence-electron chi connectivity index (χ4n) is 2.57. The third-order valence-corrected chi connectivity index (χ3v) is 3.97. The molecule has 10 heteroatoms. The van der Waals surface area contributed by atoms with E-state index in [4.69, 9.17) is 10.3 Å². The molecule has 0 spiro atoms. The fourth-order valence-corrected chi connectivity index (χ4v) is 2.57. The zero-order valence-electron chi connectivity index (χ0n) is 14.9. The number of hydrogen-bond acceptors (Lipinski definition) is 10. The van der Waals surface area contributed by atoms with Crippen LogP contribution in [0.15, 0.2) is 53.2 Å². The minimum Gasteiger partial charge on any atom is -0.392 e. The molecule has 4 aromatic rings. The number of nitrogens with two attached hydrogens (primary N) is 1. The van der Waals surface area contributed by atoms with Crippen LogP contribution in [0.25, 0.3) is 23.2 Å². The highest BCUT2D eigenvalue weighted by atomic mass is 16.5. The first-order valence-electron chi connectivity index (χ1n) is 8.35. The summed E-state index contributed by atoms with van der Waals surface area (Å²) >= 11 is 0. The molecule has 3 aromatic heterocycles. The van der Waals surface area contributed by atoms with Crippen LogP contribution in [0.1, 0.15) is 5.56 Å². The van der Waals surface area contributed by atoms with Crippen LogP contribution in [0.5, 0.6) is 0 Å². The largest absolute Gasteiger partial charge is 0.392 e. The van der Waals surface area contributed by atoms with Gasteiger partial charge in [0.25, 0.3) is 5.89 Å². The average Bonchev–Trinajstić information content (AvgIpc) is 3.23. The summed E-state index contributed by atoms with van der Waals surface area (Å²) < 4.78 is 5.28. The van der Waals surface area contributed by atoms with Gasteiger partial charge in [-0.25, -0.2) is 0 Å². The van der Waals surface area contributed by atoms with Crippen LogP contribution in [0.4, 0.5) is 17.6 Å². The van der Waals surface area contributed by atoms with Crippen LogP contribution in [0, 0.1) is 0 Å². The van der Waals surface area contributed by atoms with Crippen LogP contribution < -0.4 is 10.6 Å². The molecule has 10 nitrogen and oxygen atoms in total. The maximum Gasteiger partial charge on any atom is 0.277 e. The van der Waals surface area contributed by atoms with Crippen LogP contribution in [0.2, 0.25) is 0 Å². The molecule has 0 amide bonds. The number of aliphatic hydroxyl groups is 1. The number of para-hydroxylation sites is 1. The van der Waals surface area contributed by atoms with Crippen LogP contribution in [-0.2, 0) is 6.61 Å². The molecule has 140 valence electrons. The molecule has 0 atom stereocenters. The molecule has 3 N–H and O–H groups in total. The Morgan fingerprint density at radius 3 is 2.61 bits per heavy atom.